The minimum absolute atomic E-state index is 0.0841. The molecule has 22 heavy (non-hydrogen) atoms. The molecule has 2 heterocycles. The highest BCUT2D eigenvalue weighted by atomic mass is 15.4. The normalized spacial score (nSPS) is 16.5. The van der Waals surface area contributed by atoms with Gasteiger partial charge in [-0.25, -0.2) is 14.3 Å². The summed E-state index contributed by atoms with van der Waals surface area (Å²) in [5.74, 6) is 0.896. The maximum atomic E-state index is 4.34. The van der Waals surface area contributed by atoms with Gasteiger partial charge in [0.05, 0.1) is 17.4 Å². The minimum atomic E-state index is -0.0841. The first-order valence-corrected chi connectivity index (χ1v) is 8.04. The molecule has 0 unspecified atom stereocenters. The molecule has 1 aliphatic carbocycles. The van der Waals surface area contributed by atoms with Crippen LogP contribution in [0.25, 0.3) is 0 Å². The minimum Gasteiger partial charge on any atom is -0.308 e. The van der Waals surface area contributed by atoms with Crippen molar-refractivity contribution in [2.45, 2.75) is 71.1 Å². The zero-order valence-electron chi connectivity index (χ0n) is 13.7. The van der Waals surface area contributed by atoms with Gasteiger partial charge in [0.1, 0.15) is 18.7 Å². The number of hydrogen-bond acceptors (Lipinski definition) is 5. The Morgan fingerprint density at radius 1 is 1.27 bits per heavy atom. The largest absolute Gasteiger partial charge is 0.308 e. The first kappa shape index (κ1) is 15.1. The Balaban J connectivity index is 1.61. The van der Waals surface area contributed by atoms with E-state index in [0.717, 1.165) is 18.1 Å². The van der Waals surface area contributed by atoms with Crippen molar-refractivity contribution in [3.05, 3.63) is 24.0 Å². The summed E-state index contributed by atoms with van der Waals surface area (Å²) < 4.78 is 3.77. The molecule has 1 N–H and O–H groups in total. The summed E-state index contributed by atoms with van der Waals surface area (Å²) in [6, 6.07) is 0.647. The highest BCUT2D eigenvalue weighted by Crippen LogP contribution is 2.18. The molecule has 3 rings (SSSR count). The Morgan fingerprint density at radius 3 is 2.77 bits per heavy atom. The standard InChI is InChI=1S/C15H25N7/c1-15(2,3)22-14(17-11-18-22)10-21-9-13(19-20-21)8-16-12-6-4-5-7-12/h9,11-12,16H,4-8,10H2,1-3H3. The third-order valence-electron chi connectivity index (χ3n) is 4.07. The average Bonchev–Trinajstić information content (AvgIpc) is 3.17. The van der Waals surface area contributed by atoms with E-state index < -0.39 is 0 Å². The summed E-state index contributed by atoms with van der Waals surface area (Å²) in [6.07, 6.45) is 8.83. The van der Waals surface area contributed by atoms with Crippen LogP contribution >= 0.6 is 0 Å². The number of rotatable bonds is 5. The lowest BCUT2D eigenvalue weighted by atomic mass is 10.1. The first-order valence-electron chi connectivity index (χ1n) is 8.04. The molecule has 1 fully saturated rings. The molecule has 0 amide bonds. The van der Waals surface area contributed by atoms with Crippen LogP contribution in [0.15, 0.2) is 12.5 Å². The fourth-order valence-electron chi connectivity index (χ4n) is 2.95. The second-order valence-electron chi connectivity index (χ2n) is 7.03. The Bertz CT molecular complexity index is 601. The van der Waals surface area contributed by atoms with Crippen molar-refractivity contribution in [3.8, 4) is 0 Å². The zero-order chi connectivity index (χ0) is 15.6. The predicted octanol–water partition coefficient (Wildman–Crippen LogP) is 1.71. The van der Waals surface area contributed by atoms with Gasteiger partial charge in [0, 0.05) is 12.6 Å². The molecule has 2 aromatic heterocycles. The fourth-order valence-corrected chi connectivity index (χ4v) is 2.95. The maximum Gasteiger partial charge on any atom is 0.149 e. The van der Waals surface area contributed by atoms with Crippen molar-refractivity contribution in [2.75, 3.05) is 0 Å². The van der Waals surface area contributed by atoms with E-state index in [2.05, 4.69) is 46.5 Å². The van der Waals surface area contributed by atoms with Gasteiger partial charge in [0.25, 0.3) is 0 Å². The van der Waals surface area contributed by atoms with Crippen molar-refractivity contribution >= 4 is 0 Å². The second-order valence-corrected chi connectivity index (χ2v) is 7.03. The van der Waals surface area contributed by atoms with E-state index in [-0.39, 0.29) is 5.54 Å². The number of aromatic nitrogens is 6. The van der Waals surface area contributed by atoms with Crippen LogP contribution < -0.4 is 5.32 Å². The van der Waals surface area contributed by atoms with Gasteiger partial charge in [-0.3, -0.25) is 0 Å². The third-order valence-corrected chi connectivity index (χ3v) is 4.07. The van der Waals surface area contributed by atoms with Gasteiger partial charge in [-0.2, -0.15) is 5.10 Å². The summed E-state index contributed by atoms with van der Waals surface area (Å²) in [4.78, 5) is 4.34. The van der Waals surface area contributed by atoms with Crippen LogP contribution in [0.1, 0.15) is 58.0 Å². The maximum absolute atomic E-state index is 4.34. The molecule has 0 bridgehead atoms. The smallest absolute Gasteiger partial charge is 0.149 e. The molecular weight excluding hydrogens is 278 g/mol. The van der Waals surface area contributed by atoms with E-state index in [1.54, 1.807) is 6.33 Å². The summed E-state index contributed by atoms with van der Waals surface area (Å²) in [7, 11) is 0. The molecular formula is C15H25N7. The lowest BCUT2D eigenvalue weighted by Crippen LogP contribution is -2.26. The molecule has 0 aromatic carbocycles. The van der Waals surface area contributed by atoms with Crippen LogP contribution in [0.2, 0.25) is 0 Å². The monoisotopic (exact) mass is 303 g/mol. The molecule has 1 saturated carbocycles. The topological polar surface area (TPSA) is 73.5 Å². The van der Waals surface area contributed by atoms with Gasteiger partial charge in [0.15, 0.2) is 0 Å². The Hall–Kier alpha value is -1.76. The summed E-state index contributed by atoms with van der Waals surface area (Å²) in [5, 5.41) is 16.3. The van der Waals surface area contributed by atoms with Crippen LogP contribution in [0.5, 0.6) is 0 Å². The van der Waals surface area contributed by atoms with E-state index in [9.17, 15) is 0 Å². The summed E-state index contributed by atoms with van der Waals surface area (Å²) in [5.41, 5.74) is 0.896. The van der Waals surface area contributed by atoms with Gasteiger partial charge >= 0.3 is 0 Å². The predicted molar refractivity (Wildman–Crippen MR) is 83.2 cm³/mol. The van der Waals surface area contributed by atoms with Gasteiger partial charge in [-0.05, 0) is 33.6 Å². The molecule has 0 radical (unpaired) electrons. The number of nitrogens with zero attached hydrogens (tertiary/aromatic N) is 6. The van der Waals surface area contributed by atoms with Crippen LogP contribution in [0, 0.1) is 0 Å². The second kappa shape index (κ2) is 6.16. The molecule has 0 saturated heterocycles. The molecule has 0 atom stereocenters. The van der Waals surface area contributed by atoms with Crippen LogP contribution in [0.4, 0.5) is 0 Å². The van der Waals surface area contributed by atoms with E-state index in [1.807, 2.05) is 15.6 Å². The molecule has 2 aromatic rings. The van der Waals surface area contributed by atoms with E-state index in [0.29, 0.717) is 12.6 Å². The number of hydrogen-bond donors (Lipinski definition) is 1. The molecule has 0 aliphatic heterocycles. The molecule has 7 heteroatoms. The average molecular weight is 303 g/mol. The summed E-state index contributed by atoms with van der Waals surface area (Å²) in [6.45, 7) is 7.72. The summed E-state index contributed by atoms with van der Waals surface area (Å²) >= 11 is 0. The fraction of sp³-hybridized carbons (Fsp3) is 0.733. The Labute approximate surface area is 131 Å². The third kappa shape index (κ3) is 3.52. The van der Waals surface area contributed by atoms with Crippen molar-refractivity contribution < 1.29 is 0 Å². The van der Waals surface area contributed by atoms with Gasteiger partial charge in [-0.15, -0.1) is 5.10 Å². The molecule has 7 nitrogen and oxygen atoms in total. The van der Waals surface area contributed by atoms with Crippen molar-refractivity contribution in [1.82, 2.24) is 35.1 Å². The highest BCUT2D eigenvalue weighted by Gasteiger charge is 2.19. The van der Waals surface area contributed by atoms with Crippen LogP contribution in [0.3, 0.4) is 0 Å². The van der Waals surface area contributed by atoms with E-state index >= 15 is 0 Å². The van der Waals surface area contributed by atoms with Crippen molar-refractivity contribution in [2.24, 2.45) is 0 Å². The van der Waals surface area contributed by atoms with Gasteiger partial charge in [-0.1, -0.05) is 18.1 Å². The van der Waals surface area contributed by atoms with Gasteiger partial charge < -0.3 is 5.32 Å². The molecule has 1 aliphatic rings. The zero-order valence-corrected chi connectivity index (χ0v) is 13.7. The van der Waals surface area contributed by atoms with Crippen molar-refractivity contribution in [1.29, 1.82) is 0 Å². The van der Waals surface area contributed by atoms with Crippen LogP contribution in [-0.2, 0) is 18.6 Å². The lowest BCUT2D eigenvalue weighted by molar-refractivity contribution is 0.336. The molecule has 120 valence electrons. The van der Waals surface area contributed by atoms with E-state index in [1.165, 1.54) is 25.7 Å². The SMILES string of the molecule is CC(C)(C)n1ncnc1Cn1cc(CNC2CCCC2)nn1. The van der Waals surface area contributed by atoms with Crippen LogP contribution in [-0.4, -0.2) is 35.8 Å². The Morgan fingerprint density at radius 2 is 2.05 bits per heavy atom. The van der Waals surface area contributed by atoms with Crippen molar-refractivity contribution in [3.63, 3.8) is 0 Å². The van der Waals surface area contributed by atoms with Gasteiger partial charge in [0.2, 0.25) is 0 Å². The first-order chi connectivity index (χ1) is 10.5. The lowest BCUT2D eigenvalue weighted by Gasteiger charge is -2.20. The molecule has 0 spiro atoms. The van der Waals surface area contributed by atoms with E-state index in [4.69, 9.17) is 0 Å². The number of nitrogens with one attached hydrogen (secondary N) is 1. The highest BCUT2D eigenvalue weighted by molar-refractivity contribution is 4.96. The Kier molecular flexibility index (Phi) is 4.24. The quantitative estimate of drug-likeness (QED) is 0.910.